The van der Waals surface area contributed by atoms with Crippen molar-refractivity contribution in [2.24, 2.45) is 0 Å². The Balaban J connectivity index is 1.57. The monoisotopic (exact) mass is 425 g/mol. The summed E-state index contributed by atoms with van der Waals surface area (Å²) in [6.45, 7) is 4.87. The highest BCUT2D eigenvalue weighted by molar-refractivity contribution is 7.89. The van der Waals surface area contributed by atoms with Crippen molar-refractivity contribution in [3.05, 3.63) is 24.5 Å². The lowest BCUT2D eigenvalue weighted by molar-refractivity contribution is 0.233. The van der Waals surface area contributed by atoms with E-state index >= 15 is 0 Å². The van der Waals surface area contributed by atoms with Gasteiger partial charge in [0.2, 0.25) is 10.0 Å². The van der Waals surface area contributed by atoms with E-state index in [1.807, 2.05) is 0 Å². The normalized spacial score (nSPS) is 21.8. The highest BCUT2D eigenvalue weighted by Gasteiger charge is 2.46. The number of hydrogen-bond acceptors (Lipinski definition) is 7. The number of benzene rings is 1. The van der Waals surface area contributed by atoms with Crippen molar-refractivity contribution in [2.45, 2.75) is 36.2 Å². The molecule has 1 aromatic carbocycles. The summed E-state index contributed by atoms with van der Waals surface area (Å²) in [5.74, 6) is 0.862. The van der Waals surface area contributed by atoms with Crippen LogP contribution in [0.25, 0.3) is 21.9 Å². The highest BCUT2D eigenvalue weighted by Crippen LogP contribution is 2.37. The Morgan fingerprint density at radius 3 is 2.80 bits per heavy atom. The number of aromatic nitrogens is 3. The Bertz CT molecular complexity index is 1290. The smallest absolute Gasteiger partial charge is 0.242 e. The number of H-pyrrole nitrogens is 1. The average Bonchev–Trinajstić information content (AvgIpc) is 3.39. The molecule has 0 radical (unpaired) electrons. The summed E-state index contributed by atoms with van der Waals surface area (Å²) in [5.41, 5.74) is 0.406. The minimum atomic E-state index is -3.78. The molecule has 9 nitrogen and oxygen atoms in total. The van der Waals surface area contributed by atoms with Gasteiger partial charge in [0.05, 0.1) is 16.4 Å². The molecule has 5 rings (SSSR count). The van der Waals surface area contributed by atoms with Crippen LogP contribution < -0.4 is 9.62 Å². The molecule has 1 saturated heterocycles. The molecule has 3 aromatic rings. The molecule has 1 aliphatic carbocycles. The number of anilines is 1. The summed E-state index contributed by atoms with van der Waals surface area (Å²) < 4.78 is 28.1. The average molecular weight is 426 g/mol. The Morgan fingerprint density at radius 2 is 2.10 bits per heavy atom. The van der Waals surface area contributed by atoms with E-state index in [0.29, 0.717) is 30.0 Å². The first-order chi connectivity index (χ1) is 14.3. The molecule has 0 bridgehead atoms. The topological polar surface area (TPSA) is 118 Å². The van der Waals surface area contributed by atoms with Gasteiger partial charge in [0.1, 0.15) is 23.3 Å². The molecule has 156 valence electrons. The summed E-state index contributed by atoms with van der Waals surface area (Å²) in [4.78, 5) is 16.9. The van der Waals surface area contributed by atoms with E-state index in [2.05, 4.69) is 49.5 Å². The zero-order chi connectivity index (χ0) is 21.1. The van der Waals surface area contributed by atoms with Gasteiger partial charge in [-0.25, -0.2) is 18.4 Å². The number of aromatic amines is 1. The zero-order valence-electron chi connectivity index (χ0n) is 16.9. The van der Waals surface area contributed by atoms with Crippen LogP contribution >= 0.6 is 0 Å². The summed E-state index contributed by atoms with van der Waals surface area (Å²) in [5, 5.41) is 11.0. The van der Waals surface area contributed by atoms with Gasteiger partial charge in [-0.05, 0) is 38.9 Å². The van der Waals surface area contributed by atoms with Crippen molar-refractivity contribution in [3.63, 3.8) is 0 Å². The van der Waals surface area contributed by atoms with Gasteiger partial charge in [-0.3, -0.25) is 0 Å². The van der Waals surface area contributed by atoms with Crippen molar-refractivity contribution in [1.29, 1.82) is 5.26 Å². The maximum atomic E-state index is 12.8. The molecule has 30 heavy (non-hydrogen) atoms. The van der Waals surface area contributed by atoms with Crippen molar-refractivity contribution in [2.75, 3.05) is 31.6 Å². The van der Waals surface area contributed by atoms with Crippen molar-refractivity contribution < 1.29 is 8.42 Å². The van der Waals surface area contributed by atoms with Gasteiger partial charge in [-0.15, -0.1) is 0 Å². The third kappa shape index (κ3) is 3.10. The molecular formula is C20H23N7O2S. The second-order valence-electron chi connectivity index (χ2n) is 8.33. The van der Waals surface area contributed by atoms with Gasteiger partial charge in [0, 0.05) is 36.6 Å². The molecule has 2 fully saturated rings. The van der Waals surface area contributed by atoms with Crippen LogP contribution in [0.5, 0.6) is 0 Å². The molecule has 2 aliphatic rings. The number of piperazine rings is 1. The van der Waals surface area contributed by atoms with Crippen LogP contribution in [0.3, 0.4) is 0 Å². The molecule has 1 atom stereocenters. The van der Waals surface area contributed by atoms with Crippen LogP contribution in [0.4, 0.5) is 5.82 Å². The molecule has 0 amide bonds. The van der Waals surface area contributed by atoms with Gasteiger partial charge in [0.15, 0.2) is 0 Å². The number of hydrogen-bond donors (Lipinski definition) is 2. The summed E-state index contributed by atoms with van der Waals surface area (Å²) in [6.07, 6.45) is 2.62. The summed E-state index contributed by atoms with van der Waals surface area (Å²) in [6, 6.07) is 7.44. The number of nitrogens with zero attached hydrogens (tertiary/aromatic N) is 5. The van der Waals surface area contributed by atoms with Gasteiger partial charge < -0.3 is 14.8 Å². The number of fused-ring (bicyclic) bond motifs is 3. The van der Waals surface area contributed by atoms with Gasteiger partial charge in [-0.2, -0.15) is 9.98 Å². The third-order valence-electron chi connectivity index (χ3n) is 6.20. The fraction of sp³-hybridized carbons (Fsp3) is 0.450. The van der Waals surface area contributed by atoms with Crippen LogP contribution in [0.2, 0.25) is 0 Å². The van der Waals surface area contributed by atoms with Crippen LogP contribution in [0, 0.1) is 11.3 Å². The maximum absolute atomic E-state index is 12.8. The van der Waals surface area contributed by atoms with Crippen LogP contribution in [-0.4, -0.2) is 66.5 Å². The van der Waals surface area contributed by atoms with Gasteiger partial charge in [-0.1, -0.05) is 6.07 Å². The first-order valence-corrected chi connectivity index (χ1v) is 11.5. The van der Waals surface area contributed by atoms with Crippen molar-refractivity contribution >= 4 is 37.8 Å². The van der Waals surface area contributed by atoms with Crippen molar-refractivity contribution in [3.8, 4) is 6.07 Å². The molecule has 3 heterocycles. The lowest BCUT2D eigenvalue weighted by atomic mass is 10.1. The van der Waals surface area contributed by atoms with Crippen molar-refractivity contribution in [1.82, 2.24) is 24.6 Å². The van der Waals surface area contributed by atoms with E-state index < -0.39 is 15.6 Å². The quantitative estimate of drug-likeness (QED) is 0.652. The van der Waals surface area contributed by atoms with Crippen LogP contribution in [0.15, 0.2) is 29.4 Å². The first kappa shape index (κ1) is 19.2. The second kappa shape index (κ2) is 6.63. The second-order valence-corrected chi connectivity index (χ2v) is 10.0. The molecule has 2 aromatic heterocycles. The Kier molecular flexibility index (Phi) is 4.25. The van der Waals surface area contributed by atoms with E-state index in [1.54, 1.807) is 24.5 Å². The highest BCUT2D eigenvalue weighted by atomic mass is 32.2. The van der Waals surface area contributed by atoms with E-state index in [1.165, 1.54) is 0 Å². The molecular weight excluding hydrogens is 402 g/mol. The SMILES string of the molecule is C[C@H]1CN(c2ncnc3[nH]c4cc(S(=O)(=O)NC5(C#N)CC5)ccc4c23)CCN1C. The largest absolute Gasteiger partial charge is 0.353 e. The number of rotatable bonds is 4. The van der Waals surface area contributed by atoms with E-state index in [-0.39, 0.29) is 4.90 Å². The molecule has 1 aliphatic heterocycles. The molecule has 0 spiro atoms. The predicted octanol–water partition coefficient (Wildman–Crippen LogP) is 1.59. The van der Waals surface area contributed by atoms with E-state index in [0.717, 1.165) is 36.2 Å². The Labute approximate surface area is 174 Å². The van der Waals surface area contributed by atoms with Gasteiger partial charge in [0.25, 0.3) is 0 Å². The Morgan fingerprint density at radius 1 is 1.30 bits per heavy atom. The minimum Gasteiger partial charge on any atom is -0.353 e. The van der Waals surface area contributed by atoms with Crippen LogP contribution in [-0.2, 0) is 10.0 Å². The standard InChI is InChI=1S/C20H23N7O2S/c1-13-10-27(8-7-26(13)2)19-17-15-4-3-14(9-16(15)24-18(17)22-12-23-19)30(28,29)25-20(11-21)5-6-20/h3-4,9,12-13,25H,5-8,10H2,1-2H3,(H,22,23,24)/t13-/m0/s1. The lowest BCUT2D eigenvalue weighted by Crippen LogP contribution is -2.50. The number of sulfonamides is 1. The molecule has 0 unspecified atom stereocenters. The van der Waals surface area contributed by atoms with E-state index in [4.69, 9.17) is 0 Å². The molecule has 10 heteroatoms. The predicted molar refractivity (Wildman–Crippen MR) is 114 cm³/mol. The van der Waals surface area contributed by atoms with Gasteiger partial charge >= 0.3 is 0 Å². The summed E-state index contributed by atoms with van der Waals surface area (Å²) in [7, 11) is -1.66. The van der Waals surface area contributed by atoms with Crippen LogP contribution in [0.1, 0.15) is 19.8 Å². The number of nitriles is 1. The zero-order valence-corrected chi connectivity index (χ0v) is 17.7. The lowest BCUT2D eigenvalue weighted by Gasteiger charge is -2.38. The molecule has 2 N–H and O–H groups in total. The maximum Gasteiger partial charge on any atom is 0.242 e. The first-order valence-electron chi connectivity index (χ1n) is 9.99. The molecule has 1 saturated carbocycles. The number of likely N-dealkylation sites (N-methyl/N-ethyl adjacent to an activating group) is 1. The number of nitrogens with one attached hydrogen (secondary N) is 2. The fourth-order valence-corrected chi connectivity index (χ4v) is 5.42. The Hall–Kier alpha value is -2.74. The minimum absolute atomic E-state index is 0.130. The third-order valence-corrected chi connectivity index (χ3v) is 7.74. The fourth-order valence-electron chi connectivity index (χ4n) is 4.02. The summed E-state index contributed by atoms with van der Waals surface area (Å²) >= 11 is 0. The van der Waals surface area contributed by atoms with E-state index in [9.17, 15) is 13.7 Å².